The van der Waals surface area contributed by atoms with Crippen LogP contribution >= 0.6 is 0 Å². The number of carbonyl (C=O) groups is 1. The highest BCUT2D eigenvalue weighted by atomic mass is 19.1. The third-order valence-corrected chi connectivity index (χ3v) is 4.90. The van der Waals surface area contributed by atoms with E-state index in [0.717, 1.165) is 48.7 Å². The first kappa shape index (κ1) is 18.3. The van der Waals surface area contributed by atoms with Gasteiger partial charge in [0.15, 0.2) is 0 Å². The highest BCUT2D eigenvalue weighted by Crippen LogP contribution is 2.20. The lowest BCUT2D eigenvalue weighted by molar-refractivity contribution is -0.125. The first-order chi connectivity index (χ1) is 12.5. The molecule has 2 heterocycles. The molecule has 1 saturated heterocycles. The van der Waals surface area contributed by atoms with Gasteiger partial charge < -0.3 is 10.2 Å². The predicted molar refractivity (Wildman–Crippen MR) is 101 cm³/mol. The van der Waals surface area contributed by atoms with E-state index in [2.05, 4.69) is 10.4 Å². The van der Waals surface area contributed by atoms with Crippen LogP contribution in [-0.2, 0) is 4.79 Å². The van der Waals surface area contributed by atoms with E-state index < -0.39 is 0 Å². The second kappa shape index (κ2) is 7.83. The van der Waals surface area contributed by atoms with E-state index in [1.54, 1.807) is 22.9 Å². The molecule has 1 aromatic carbocycles. The zero-order chi connectivity index (χ0) is 18.7. The molecule has 1 aliphatic heterocycles. The summed E-state index contributed by atoms with van der Waals surface area (Å²) in [5.74, 6) is 0.294. The molecule has 1 amide bonds. The number of amides is 1. The molecule has 0 radical (unpaired) electrons. The van der Waals surface area contributed by atoms with Gasteiger partial charge in [0.1, 0.15) is 5.82 Å². The van der Waals surface area contributed by atoms with Crippen molar-refractivity contribution in [2.75, 3.05) is 26.7 Å². The van der Waals surface area contributed by atoms with Crippen molar-refractivity contribution in [1.29, 1.82) is 0 Å². The standard InChI is InChI=1S/C20H25FN4O/c1-14-19(8-9-20(26)24-11-10-16(13-24)12-22-3)15(2)25(23-14)18-6-4-17(21)5-7-18/h4-9,16,22H,10-13H2,1-3H3/b9-8+. The molecule has 0 aliphatic carbocycles. The molecule has 1 aliphatic rings. The summed E-state index contributed by atoms with van der Waals surface area (Å²) in [5, 5.41) is 7.70. The lowest BCUT2D eigenvalue weighted by Gasteiger charge is -2.14. The van der Waals surface area contributed by atoms with Crippen molar-refractivity contribution in [3.8, 4) is 5.69 Å². The number of benzene rings is 1. The Kier molecular flexibility index (Phi) is 5.52. The molecule has 1 N–H and O–H groups in total. The van der Waals surface area contributed by atoms with Crippen molar-refractivity contribution >= 4 is 12.0 Å². The molecule has 26 heavy (non-hydrogen) atoms. The van der Waals surface area contributed by atoms with Crippen LogP contribution in [0.25, 0.3) is 11.8 Å². The molecule has 1 aromatic heterocycles. The number of rotatable bonds is 5. The molecule has 0 spiro atoms. The zero-order valence-electron chi connectivity index (χ0n) is 15.5. The molecule has 0 saturated carbocycles. The molecule has 1 fully saturated rings. The predicted octanol–water partition coefficient (Wildman–Crippen LogP) is 2.71. The lowest BCUT2D eigenvalue weighted by atomic mass is 10.1. The second-order valence-electron chi connectivity index (χ2n) is 6.80. The van der Waals surface area contributed by atoms with Crippen LogP contribution in [0, 0.1) is 25.6 Å². The molecule has 1 unspecified atom stereocenters. The maximum atomic E-state index is 13.1. The summed E-state index contributed by atoms with van der Waals surface area (Å²) < 4.78 is 14.9. The Balaban J connectivity index is 1.75. The van der Waals surface area contributed by atoms with Gasteiger partial charge in [-0.15, -0.1) is 0 Å². The number of nitrogens with one attached hydrogen (secondary N) is 1. The van der Waals surface area contributed by atoms with Crippen LogP contribution in [0.5, 0.6) is 0 Å². The average molecular weight is 356 g/mol. The van der Waals surface area contributed by atoms with Gasteiger partial charge in [-0.05, 0) is 70.1 Å². The van der Waals surface area contributed by atoms with Gasteiger partial charge in [0.05, 0.1) is 11.4 Å². The second-order valence-corrected chi connectivity index (χ2v) is 6.80. The van der Waals surface area contributed by atoms with Gasteiger partial charge in [-0.3, -0.25) is 4.79 Å². The number of hydrogen-bond donors (Lipinski definition) is 1. The topological polar surface area (TPSA) is 50.2 Å². The van der Waals surface area contributed by atoms with Gasteiger partial charge in [-0.25, -0.2) is 9.07 Å². The van der Waals surface area contributed by atoms with E-state index in [0.29, 0.717) is 5.92 Å². The van der Waals surface area contributed by atoms with Crippen molar-refractivity contribution in [2.24, 2.45) is 5.92 Å². The molecule has 0 bridgehead atoms. The summed E-state index contributed by atoms with van der Waals surface area (Å²) in [7, 11) is 1.94. The number of hydrogen-bond acceptors (Lipinski definition) is 3. The van der Waals surface area contributed by atoms with E-state index in [1.807, 2.05) is 31.9 Å². The van der Waals surface area contributed by atoms with Gasteiger partial charge in [0, 0.05) is 30.4 Å². The van der Waals surface area contributed by atoms with Gasteiger partial charge in [-0.1, -0.05) is 0 Å². The summed E-state index contributed by atoms with van der Waals surface area (Å²) in [6.07, 6.45) is 4.51. The monoisotopic (exact) mass is 356 g/mol. The smallest absolute Gasteiger partial charge is 0.246 e. The Hall–Kier alpha value is -2.47. The SMILES string of the molecule is CNCC1CCN(C(=O)/C=C/c2c(C)nn(-c3ccc(F)cc3)c2C)C1. The Labute approximate surface area is 153 Å². The fraction of sp³-hybridized carbons (Fsp3) is 0.400. The summed E-state index contributed by atoms with van der Waals surface area (Å²) >= 11 is 0. The molecule has 5 nitrogen and oxygen atoms in total. The Morgan fingerprint density at radius 1 is 1.35 bits per heavy atom. The molecule has 138 valence electrons. The minimum absolute atomic E-state index is 0.0388. The van der Waals surface area contributed by atoms with E-state index in [4.69, 9.17) is 0 Å². The van der Waals surface area contributed by atoms with Gasteiger partial charge in [0.25, 0.3) is 0 Å². The molecular weight excluding hydrogens is 331 g/mol. The fourth-order valence-corrected chi connectivity index (χ4v) is 3.48. The van der Waals surface area contributed by atoms with Crippen molar-refractivity contribution in [2.45, 2.75) is 20.3 Å². The number of carbonyl (C=O) groups excluding carboxylic acids is 1. The Morgan fingerprint density at radius 3 is 2.77 bits per heavy atom. The molecule has 6 heteroatoms. The molecule has 2 aromatic rings. The minimum atomic E-state index is -0.275. The maximum Gasteiger partial charge on any atom is 0.246 e. The van der Waals surface area contributed by atoms with E-state index in [1.165, 1.54) is 12.1 Å². The lowest BCUT2D eigenvalue weighted by Crippen LogP contribution is -2.28. The summed E-state index contributed by atoms with van der Waals surface area (Å²) in [5.41, 5.74) is 3.49. The fourth-order valence-electron chi connectivity index (χ4n) is 3.48. The van der Waals surface area contributed by atoms with Crippen LogP contribution < -0.4 is 5.32 Å². The third kappa shape index (κ3) is 3.85. The third-order valence-electron chi connectivity index (χ3n) is 4.90. The summed E-state index contributed by atoms with van der Waals surface area (Å²) in [4.78, 5) is 14.4. The van der Waals surface area contributed by atoms with Gasteiger partial charge in [0.2, 0.25) is 5.91 Å². The van der Waals surface area contributed by atoms with Gasteiger partial charge >= 0.3 is 0 Å². The Morgan fingerprint density at radius 2 is 2.08 bits per heavy atom. The van der Waals surface area contributed by atoms with E-state index in [9.17, 15) is 9.18 Å². The minimum Gasteiger partial charge on any atom is -0.339 e. The first-order valence-corrected chi connectivity index (χ1v) is 8.93. The number of likely N-dealkylation sites (tertiary alicyclic amines) is 1. The number of halogens is 1. The Bertz CT molecular complexity index is 810. The molecule has 3 rings (SSSR count). The quantitative estimate of drug-likeness (QED) is 0.838. The van der Waals surface area contributed by atoms with Crippen LogP contribution in [0.3, 0.4) is 0 Å². The number of aromatic nitrogens is 2. The van der Waals surface area contributed by atoms with Crippen LogP contribution in [0.2, 0.25) is 0 Å². The molecule has 1 atom stereocenters. The zero-order valence-corrected chi connectivity index (χ0v) is 15.5. The average Bonchev–Trinajstić information content (AvgIpc) is 3.19. The van der Waals surface area contributed by atoms with Crippen LogP contribution in [0.15, 0.2) is 30.3 Å². The number of nitrogens with zero attached hydrogens (tertiary/aromatic N) is 3. The highest BCUT2D eigenvalue weighted by molar-refractivity contribution is 5.92. The largest absolute Gasteiger partial charge is 0.339 e. The highest BCUT2D eigenvalue weighted by Gasteiger charge is 2.24. The number of aryl methyl sites for hydroxylation is 1. The van der Waals surface area contributed by atoms with Gasteiger partial charge in [-0.2, -0.15) is 5.10 Å². The maximum absolute atomic E-state index is 13.1. The van der Waals surface area contributed by atoms with Crippen molar-refractivity contribution in [3.05, 3.63) is 53.1 Å². The van der Waals surface area contributed by atoms with Crippen LogP contribution in [0.4, 0.5) is 4.39 Å². The van der Waals surface area contributed by atoms with Crippen LogP contribution in [-0.4, -0.2) is 47.3 Å². The van der Waals surface area contributed by atoms with E-state index in [-0.39, 0.29) is 11.7 Å². The van der Waals surface area contributed by atoms with Crippen molar-refractivity contribution in [3.63, 3.8) is 0 Å². The summed E-state index contributed by atoms with van der Waals surface area (Å²) in [6.45, 7) is 6.41. The van der Waals surface area contributed by atoms with Crippen molar-refractivity contribution < 1.29 is 9.18 Å². The van der Waals surface area contributed by atoms with Crippen molar-refractivity contribution in [1.82, 2.24) is 20.0 Å². The normalized spacial score (nSPS) is 17.4. The van der Waals surface area contributed by atoms with E-state index >= 15 is 0 Å². The summed E-state index contributed by atoms with van der Waals surface area (Å²) in [6, 6.07) is 6.22. The van der Waals surface area contributed by atoms with Crippen LogP contribution in [0.1, 0.15) is 23.4 Å². The first-order valence-electron chi connectivity index (χ1n) is 8.93. The molecular formula is C20H25FN4O.